The van der Waals surface area contributed by atoms with Gasteiger partial charge in [0.2, 0.25) is 0 Å². The van der Waals surface area contributed by atoms with Crippen molar-refractivity contribution in [2.75, 3.05) is 6.54 Å². The van der Waals surface area contributed by atoms with Crippen molar-refractivity contribution in [1.82, 2.24) is 24.9 Å². The number of carbonyl (C=O) groups excluding carboxylic acids is 1. The van der Waals surface area contributed by atoms with Crippen molar-refractivity contribution in [2.45, 2.75) is 38.5 Å². The van der Waals surface area contributed by atoms with Crippen LogP contribution in [0.15, 0.2) is 30.3 Å². The summed E-state index contributed by atoms with van der Waals surface area (Å²) in [5, 5.41) is 23.0. The number of rotatable bonds is 3. The van der Waals surface area contributed by atoms with Crippen LogP contribution in [0.4, 0.5) is 0 Å². The molecule has 134 valence electrons. The molecule has 0 saturated heterocycles. The van der Waals surface area contributed by atoms with Gasteiger partial charge in [0.25, 0.3) is 5.91 Å². The highest BCUT2D eigenvalue weighted by Crippen LogP contribution is 2.40. The molecule has 1 fully saturated rings. The molecule has 1 aliphatic carbocycles. The van der Waals surface area contributed by atoms with Crippen molar-refractivity contribution >= 4 is 16.8 Å². The van der Waals surface area contributed by atoms with Gasteiger partial charge >= 0.3 is 0 Å². The molecule has 26 heavy (non-hydrogen) atoms. The van der Waals surface area contributed by atoms with Gasteiger partial charge in [-0.25, -0.2) is 0 Å². The molecule has 0 bridgehead atoms. The van der Waals surface area contributed by atoms with Crippen molar-refractivity contribution in [3.05, 3.63) is 47.4 Å². The number of H-pyrrole nitrogens is 1. The third kappa shape index (κ3) is 2.59. The largest absolute Gasteiger partial charge is 0.386 e. The highest BCUT2D eigenvalue weighted by molar-refractivity contribution is 6.04. The Hall–Kier alpha value is -2.67. The summed E-state index contributed by atoms with van der Waals surface area (Å²) in [6, 6.07) is 9.63. The second-order valence-corrected chi connectivity index (χ2v) is 7.26. The van der Waals surface area contributed by atoms with Gasteiger partial charge in [0.05, 0.1) is 23.4 Å². The number of carbonyl (C=O) groups is 1. The van der Waals surface area contributed by atoms with E-state index in [1.165, 1.54) is 0 Å². The topological polar surface area (TPSA) is 87.0 Å². The second-order valence-electron chi connectivity index (χ2n) is 7.26. The molecule has 1 aliphatic heterocycles. The molecule has 3 heterocycles. The highest BCUT2D eigenvalue weighted by atomic mass is 16.3. The zero-order valence-corrected chi connectivity index (χ0v) is 14.4. The van der Waals surface area contributed by atoms with E-state index >= 15 is 0 Å². The van der Waals surface area contributed by atoms with Crippen LogP contribution < -0.4 is 0 Å². The number of nitrogens with zero attached hydrogens (tertiary/aromatic N) is 4. The summed E-state index contributed by atoms with van der Waals surface area (Å²) in [6.07, 6.45) is 2.50. The minimum Gasteiger partial charge on any atom is -0.386 e. The van der Waals surface area contributed by atoms with Crippen LogP contribution >= 0.6 is 0 Å². The van der Waals surface area contributed by atoms with Crippen molar-refractivity contribution in [2.24, 2.45) is 5.92 Å². The molecule has 0 radical (unpaired) electrons. The van der Waals surface area contributed by atoms with E-state index in [0.717, 1.165) is 48.1 Å². The zero-order chi connectivity index (χ0) is 17.7. The van der Waals surface area contributed by atoms with Crippen molar-refractivity contribution in [1.29, 1.82) is 0 Å². The Morgan fingerprint density at radius 1 is 1.27 bits per heavy atom. The predicted molar refractivity (Wildman–Crippen MR) is 95.4 cm³/mol. The number of aromatic amines is 1. The van der Waals surface area contributed by atoms with Gasteiger partial charge < -0.3 is 10.0 Å². The normalized spacial score (nSPS) is 18.6. The lowest BCUT2D eigenvalue weighted by atomic mass is 10.1. The fourth-order valence-electron chi connectivity index (χ4n) is 3.73. The maximum absolute atomic E-state index is 13.1. The number of aromatic nitrogens is 4. The zero-order valence-electron chi connectivity index (χ0n) is 14.4. The van der Waals surface area contributed by atoms with Gasteiger partial charge in [-0.1, -0.05) is 18.2 Å². The Labute approximate surface area is 150 Å². The number of aryl methyl sites for hydroxylation is 1. The van der Waals surface area contributed by atoms with Crippen molar-refractivity contribution in [3.63, 3.8) is 0 Å². The van der Waals surface area contributed by atoms with Crippen LogP contribution in [0.3, 0.4) is 0 Å². The average Bonchev–Trinajstić information content (AvgIpc) is 3.36. The van der Waals surface area contributed by atoms with Crippen LogP contribution in [-0.2, 0) is 13.1 Å². The first-order chi connectivity index (χ1) is 12.7. The van der Waals surface area contributed by atoms with Crippen LogP contribution in [0.25, 0.3) is 10.9 Å². The molecule has 2 aliphatic rings. The quantitative estimate of drug-likeness (QED) is 0.758. The molecule has 0 spiro atoms. The summed E-state index contributed by atoms with van der Waals surface area (Å²) in [4.78, 5) is 14.9. The molecular formula is C19H21N5O2. The molecule has 2 N–H and O–H groups in total. The summed E-state index contributed by atoms with van der Waals surface area (Å²) >= 11 is 0. The number of aliphatic hydroxyl groups is 1. The van der Waals surface area contributed by atoms with Crippen LogP contribution in [0.1, 0.15) is 47.2 Å². The Morgan fingerprint density at radius 3 is 2.96 bits per heavy atom. The summed E-state index contributed by atoms with van der Waals surface area (Å²) in [7, 11) is 0. The number of benzene rings is 1. The predicted octanol–water partition coefficient (Wildman–Crippen LogP) is 2.25. The summed E-state index contributed by atoms with van der Waals surface area (Å²) in [6.45, 7) is 1.92. The number of fused-ring (bicyclic) bond motifs is 2. The maximum atomic E-state index is 13.1. The Balaban J connectivity index is 1.42. The van der Waals surface area contributed by atoms with Gasteiger partial charge in [-0.2, -0.15) is 10.2 Å². The Kier molecular flexibility index (Phi) is 3.56. The molecule has 0 unspecified atom stereocenters. The third-order valence-electron chi connectivity index (χ3n) is 5.36. The van der Waals surface area contributed by atoms with E-state index in [-0.39, 0.29) is 5.91 Å². The molecule has 7 heteroatoms. The van der Waals surface area contributed by atoms with E-state index in [9.17, 15) is 9.90 Å². The highest BCUT2D eigenvalue weighted by Gasteiger charge is 2.33. The standard InChI is InChI=1S/C19H21N5O2/c25-18(12-6-7-12)16-10-13-11-23(8-3-9-24(13)22-16)19(26)17-14-4-1-2-5-15(14)20-21-17/h1-2,4-5,10,12,18,25H,3,6-9,11H2,(H,20,21)/t18-/m0/s1. The van der Waals surface area contributed by atoms with Crippen LogP contribution in [0.5, 0.6) is 0 Å². The van der Waals surface area contributed by atoms with Gasteiger partial charge in [-0.3, -0.25) is 14.6 Å². The van der Waals surface area contributed by atoms with Gasteiger partial charge in [0, 0.05) is 18.5 Å². The molecule has 2 aromatic heterocycles. The van der Waals surface area contributed by atoms with Crippen molar-refractivity contribution < 1.29 is 9.90 Å². The van der Waals surface area contributed by atoms with Gasteiger partial charge in [-0.05, 0) is 37.3 Å². The number of hydrogen-bond acceptors (Lipinski definition) is 4. The number of para-hydroxylation sites is 1. The number of aliphatic hydroxyl groups excluding tert-OH is 1. The minimum atomic E-state index is -0.478. The smallest absolute Gasteiger partial charge is 0.275 e. The lowest BCUT2D eigenvalue weighted by Gasteiger charge is -2.19. The maximum Gasteiger partial charge on any atom is 0.275 e. The fourth-order valence-corrected chi connectivity index (χ4v) is 3.73. The third-order valence-corrected chi connectivity index (χ3v) is 5.36. The van der Waals surface area contributed by atoms with Gasteiger partial charge in [0.1, 0.15) is 6.10 Å². The lowest BCUT2D eigenvalue weighted by molar-refractivity contribution is 0.0741. The van der Waals surface area contributed by atoms with Gasteiger partial charge in [0.15, 0.2) is 5.69 Å². The van der Waals surface area contributed by atoms with Gasteiger partial charge in [-0.15, -0.1) is 0 Å². The first kappa shape index (κ1) is 15.6. The molecule has 1 atom stereocenters. The monoisotopic (exact) mass is 351 g/mol. The van der Waals surface area contributed by atoms with Crippen LogP contribution in [-0.4, -0.2) is 42.4 Å². The van der Waals surface area contributed by atoms with E-state index in [2.05, 4.69) is 15.3 Å². The molecule has 1 amide bonds. The van der Waals surface area contributed by atoms with Crippen LogP contribution in [0, 0.1) is 5.92 Å². The number of nitrogens with one attached hydrogen (secondary N) is 1. The van der Waals surface area contributed by atoms with E-state index in [1.807, 2.05) is 39.9 Å². The molecule has 1 saturated carbocycles. The van der Waals surface area contributed by atoms with Crippen molar-refractivity contribution in [3.8, 4) is 0 Å². The average molecular weight is 351 g/mol. The summed E-state index contributed by atoms with van der Waals surface area (Å²) in [5.74, 6) is 0.281. The van der Waals surface area contributed by atoms with E-state index in [4.69, 9.17) is 0 Å². The lowest BCUT2D eigenvalue weighted by Crippen LogP contribution is -2.31. The van der Waals surface area contributed by atoms with E-state index in [0.29, 0.717) is 24.7 Å². The first-order valence-electron chi connectivity index (χ1n) is 9.18. The fraction of sp³-hybridized carbons (Fsp3) is 0.421. The van der Waals surface area contributed by atoms with Crippen LogP contribution in [0.2, 0.25) is 0 Å². The molecule has 5 rings (SSSR count). The Bertz CT molecular complexity index is 971. The number of amides is 1. The summed E-state index contributed by atoms with van der Waals surface area (Å²) < 4.78 is 1.94. The SMILES string of the molecule is O=C(c1n[nH]c2ccccc12)N1CCCn2nc([C@@H](O)C3CC3)cc2C1. The first-order valence-corrected chi connectivity index (χ1v) is 9.18. The minimum absolute atomic E-state index is 0.0682. The number of hydrogen-bond donors (Lipinski definition) is 2. The molecule has 7 nitrogen and oxygen atoms in total. The summed E-state index contributed by atoms with van der Waals surface area (Å²) in [5.41, 5.74) is 3.05. The second kappa shape index (κ2) is 5.95. The molecule has 3 aromatic rings. The molecule has 1 aromatic carbocycles. The molecular weight excluding hydrogens is 330 g/mol. The van der Waals surface area contributed by atoms with E-state index < -0.39 is 6.10 Å². The Morgan fingerprint density at radius 2 is 2.12 bits per heavy atom. The van der Waals surface area contributed by atoms with E-state index in [1.54, 1.807) is 0 Å².